The number of nitrogens with zero attached hydrogens (tertiary/aromatic N) is 8. The van der Waals surface area contributed by atoms with Crippen LogP contribution < -0.4 is 14.8 Å². The van der Waals surface area contributed by atoms with Crippen LogP contribution in [0, 0.1) is 0 Å². The zero-order valence-corrected chi connectivity index (χ0v) is 38.4. The van der Waals surface area contributed by atoms with E-state index in [0.717, 1.165) is 0 Å². The van der Waals surface area contributed by atoms with Crippen molar-refractivity contribution in [2.45, 2.75) is 249 Å². The monoisotopic (exact) mass is 820 g/mol. The molecule has 0 saturated carbocycles. The SMILES string of the molecule is CC1(C)CC(Oc2nc(NC3CC(C)(C)N(O)C4(C3)CC(C)(C)N(O)C(C)(C)C4)nc(OC3CC(C)(C)N(O)C4(C3)CC(C)(C)N(O)C(C)(C)C4)n2)CC(C)(C)N1O. The molecule has 58 heavy (non-hydrogen) atoms. The molecule has 6 N–H and O–H groups in total. The molecule has 1 aromatic rings. The number of hydroxylamine groups is 10. The van der Waals surface area contributed by atoms with Crippen molar-refractivity contribution in [1.82, 2.24) is 40.3 Å². The molecule has 6 rings (SSSR count). The van der Waals surface area contributed by atoms with Gasteiger partial charge in [-0.1, -0.05) is 0 Å². The lowest BCUT2D eigenvalue weighted by molar-refractivity contribution is -0.329. The van der Waals surface area contributed by atoms with E-state index in [2.05, 4.69) is 5.32 Å². The van der Waals surface area contributed by atoms with E-state index in [9.17, 15) is 26.0 Å². The van der Waals surface area contributed by atoms with Crippen LogP contribution in [-0.4, -0.2) is 140 Å². The van der Waals surface area contributed by atoms with E-state index in [4.69, 9.17) is 24.4 Å². The van der Waals surface area contributed by atoms with Crippen LogP contribution in [0.25, 0.3) is 0 Å². The van der Waals surface area contributed by atoms with Gasteiger partial charge in [0.1, 0.15) is 12.2 Å². The molecule has 5 saturated heterocycles. The fourth-order valence-corrected chi connectivity index (χ4v) is 13.1. The highest BCUT2D eigenvalue weighted by molar-refractivity contribution is 5.31. The quantitative estimate of drug-likeness (QED) is 0.168. The first-order valence-corrected chi connectivity index (χ1v) is 21.4. The van der Waals surface area contributed by atoms with Crippen molar-refractivity contribution in [3.05, 3.63) is 0 Å². The molecule has 332 valence electrons. The predicted octanol–water partition coefficient (Wildman–Crippen LogP) is 7.28. The second-order valence-corrected chi connectivity index (χ2v) is 24.0. The number of nitrogens with one attached hydrogen (secondary N) is 1. The highest BCUT2D eigenvalue weighted by Crippen LogP contribution is 2.54. The van der Waals surface area contributed by atoms with E-state index < -0.39 is 55.4 Å². The van der Waals surface area contributed by atoms with Gasteiger partial charge in [-0.25, -0.2) is 0 Å². The first kappa shape index (κ1) is 45.5. The summed E-state index contributed by atoms with van der Waals surface area (Å²) in [6.07, 6.45) is 4.61. The number of piperidine rings is 5. The van der Waals surface area contributed by atoms with E-state index in [1.807, 2.05) is 111 Å². The Bertz CT molecular complexity index is 1550. The predicted molar refractivity (Wildman–Crippen MR) is 218 cm³/mol. The first-order valence-electron chi connectivity index (χ1n) is 21.4. The second kappa shape index (κ2) is 14.0. The molecule has 0 radical (unpaired) electrons. The summed E-state index contributed by atoms with van der Waals surface area (Å²) in [5.74, 6) is 0.294. The summed E-state index contributed by atoms with van der Waals surface area (Å²) in [5.41, 5.74) is -6.21. The van der Waals surface area contributed by atoms with Crippen molar-refractivity contribution >= 4 is 5.95 Å². The average Bonchev–Trinajstić information content (AvgIpc) is 3.01. The van der Waals surface area contributed by atoms with Crippen molar-refractivity contribution in [2.75, 3.05) is 5.32 Å². The zero-order valence-electron chi connectivity index (χ0n) is 38.4. The molecule has 0 aromatic carbocycles. The summed E-state index contributed by atoms with van der Waals surface area (Å²) < 4.78 is 13.4. The Morgan fingerprint density at radius 3 is 1.12 bits per heavy atom. The van der Waals surface area contributed by atoms with Crippen LogP contribution in [0.3, 0.4) is 0 Å². The molecule has 2 spiro atoms. The summed E-state index contributed by atoms with van der Waals surface area (Å²) in [4.78, 5) is 14.5. The summed E-state index contributed by atoms with van der Waals surface area (Å²) in [5, 5.41) is 68.2. The number of hydrogen-bond acceptors (Lipinski definition) is 16. The Morgan fingerprint density at radius 2 is 0.724 bits per heavy atom. The molecular weight excluding hydrogens is 743 g/mol. The molecule has 16 nitrogen and oxygen atoms in total. The van der Waals surface area contributed by atoms with Gasteiger partial charge in [-0.3, -0.25) is 0 Å². The third kappa shape index (κ3) is 8.20. The highest BCUT2D eigenvalue weighted by Gasteiger charge is 2.62. The van der Waals surface area contributed by atoms with Gasteiger partial charge in [0.25, 0.3) is 0 Å². The van der Waals surface area contributed by atoms with Crippen molar-refractivity contribution in [3.8, 4) is 12.0 Å². The minimum Gasteiger partial charge on any atom is -0.460 e. The van der Waals surface area contributed by atoms with E-state index in [1.54, 1.807) is 0 Å². The Labute approximate surface area is 347 Å². The molecule has 0 bridgehead atoms. The molecule has 0 aliphatic carbocycles. The zero-order chi connectivity index (χ0) is 43.7. The first-order chi connectivity index (χ1) is 26.1. The molecule has 16 heteroatoms. The lowest BCUT2D eigenvalue weighted by Crippen LogP contribution is -2.73. The van der Waals surface area contributed by atoms with Gasteiger partial charge in [-0.05, 0) is 149 Å². The van der Waals surface area contributed by atoms with E-state index in [-0.39, 0.29) is 30.3 Å². The third-order valence-corrected chi connectivity index (χ3v) is 14.2. The van der Waals surface area contributed by atoms with Gasteiger partial charge in [-0.15, -0.1) is 4.98 Å². The summed E-state index contributed by atoms with van der Waals surface area (Å²) >= 11 is 0. The van der Waals surface area contributed by atoms with E-state index >= 15 is 0 Å². The lowest BCUT2D eigenvalue weighted by atomic mass is 9.63. The molecule has 0 amide bonds. The third-order valence-electron chi connectivity index (χ3n) is 14.2. The Hall–Kier alpha value is -1.99. The minimum absolute atomic E-state index is 0.107. The van der Waals surface area contributed by atoms with Crippen LogP contribution in [-0.2, 0) is 0 Å². The van der Waals surface area contributed by atoms with Crippen LogP contribution in [0.2, 0.25) is 0 Å². The van der Waals surface area contributed by atoms with Gasteiger partial charge in [-0.2, -0.15) is 35.3 Å². The summed E-state index contributed by atoms with van der Waals surface area (Å²) in [6, 6.07) is 0.0571. The summed E-state index contributed by atoms with van der Waals surface area (Å²) in [6.45, 7) is 32.1. The molecule has 5 fully saturated rings. The Balaban J connectivity index is 1.35. The molecule has 1 aromatic heterocycles. The van der Waals surface area contributed by atoms with Crippen molar-refractivity contribution < 1.29 is 35.5 Å². The number of rotatable bonds is 6. The molecule has 2 atom stereocenters. The number of anilines is 1. The maximum absolute atomic E-state index is 11.9. The van der Waals surface area contributed by atoms with Crippen LogP contribution in [0.4, 0.5) is 5.95 Å². The minimum atomic E-state index is -0.703. The van der Waals surface area contributed by atoms with Crippen molar-refractivity contribution in [3.63, 3.8) is 0 Å². The standard InChI is InChI=1S/C42H77N9O7/c1-33(2)17-27(18-41(50(33)55)23-37(9,10)48(53)38(11,12)24-41)43-30-44-31(57-28-19-34(3,4)47(52)35(5,6)20-28)46-32(45-30)58-29-21-36(7,8)51(56)42(22-29)25-39(13,14)49(54)40(15,16)26-42/h27-29,52-56H,17-26H2,1-16H3,(H,43,44,45,46). The maximum Gasteiger partial charge on any atom is 0.324 e. The second-order valence-electron chi connectivity index (χ2n) is 24.0. The van der Waals surface area contributed by atoms with Gasteiger partial charge in [0.15, 0.2) is 0 Å². The molecule has 5 aliphatic heterocycles. The molecular formula is C42H77N9O7. The van der Waals surface area contributed by atoms with Crippen LogP contribution >= 0.6 is 0 Å². The fraction of sp³-hybridized carbons (Fsp3) is 0.929. The van der Waals surface area contributed by atoms with Gasteiger partial charge in [0.2, 0.25) is 5.95 Å². The van der Waals surface area contributed by atoms with Gasteiger partial charge >= 0.3 is 12.0 Å². The van der Waals surface area contributed by atoms with Crippen LogP contribution in [0.15, 0.2) is 0 Å². The van der Waals surface area contributed by atoms with E-state index in [0.29, 0.717) is 70.2 Å². The molecule has 5 aliphatic rings. The number of ether oxygens (including phenoxy) is 2. The van der Waals surface area contributed by atoms with Gasteiger partial charge in [0, 0.05) is 76.0 Å². The topological polar surface area (TPSA) is 187 Å². The maximum atomic E-state index is 11.9. The number of hydrogen-bond donors (Lipinski definition) is 6. The smallest absolute Gasteiger partial charge is 0.324 e. The van der Waals surface area contributed by atoms with Crippen molar-refractivity contribution in [1.29, 1.82) is 0 Å². The normalized spacial score (nSPS) is 32.8. The van der Waals surface area contributed by atoms with Gasteiger partial charge < -0.3 is 40.8 Å². The Kier molecular flexibility index (Phi) is 11.0. The van der Waals surface area contributed by atoms with Crippen molar-refractivity contribution in [2.24, 2.45) is 0 Å². The van der Waals surface area contributed by atoms with Gasteiger partial charge in [0.05, 0.1) is 11.1 Å². The summed E-state index contributed by atoms with van der Waals surface area (Å²) in [7, 11) is 0. The molecule has 6 heterocycles. The largest absolute Gasteiger partial charge is 0.460 e. The van der Waals surface area contributed by atoms with E-state index in [1.165, 1.54) is 25.3 Å². The average molecular weight is 820 g/mol. The fourth-order valence-electron chi connectivity index (χ4n) is 13.1. The Morgan fingerprint density at radius 1 is 0.414 bits per heavy atom. The number of aromatic nitrogens is 3. The highest BCUT2D eigenvalue weighted by atomic mass is 16.5. The van der Waals surface area contributed by atoms with Crippen LogP contribution in [0.1, 0.15) is 175 Å². The molecule has 2 unspecified atom stereocenters. The van der Waals surface area contributed by atoms with Crippen LogP contribution in [0.5, 0.6) is 12.0 Å². The lowest BCUT2D eigenvalue weighted by Gasteiger charge is -2.63.